The molecule has 0 heterocycles. The number of unbranched alkanes of at least 4 members (excludes halogenated alkanes) is 2. The Labute approximate surface area is 151 Å². The Morgan fingerprint density at radius 3 is 2.56 bits per heavy atom. The van der Waals surface area contributed by atoms with Gasteiger partial charge in [0.2, 0.25) is 0 Å². The summed E-state index contributed by atoms with van der Waals surface area (Å²) in [5.74, 6) is -0.476. The maximum atomic E-state index is 13.0. The van der Waals surface area contributed by atoms with E-state index in [0.29, 0.717) is 6.42 Å². The first-order valence-corrected chi connectivity index (χ1v) is 9.55. The number of hydrogen-bond donors (Lipinski definition) is 1. The number of fused-ring (bicyclic) bond motifs is 1. The Balaban J connectivity index is 2.03. The molecule has 0 saturated carbocycles. The minimum absolute atomic E-state index is 0.224. The third kappa shape index (κ3) is 4.62. The van der Waals surface area contributed by atoms with Crippen LogP contribution in [0.4, 0.5) is 5.69 Å². The summed E-state index contributed by atoms with van der Waals surface area (Å²) in [7, 11) is 0. The van der Waals surface area contributed by atoms with Crippen molar-refractivity contribution in [1.82, 2.24) is 0 Å². The molecule has 1 aliphatic carbocycles. The molecule has 1 atom stereocenters. The van der Waals surface area contributed by atoms with E-state index in [1.807, 2.05) is 6.07 Å². The summed E-state index contributed by atoms with van der Waals surface area (Å²) in [5, 5.41) is 8.70. The molecule has 0 aliphatic heterocycles. The molecule has 2 rings (SSSR count). The maximum absolute atomic E-state index is 13.0. The molecule has 0 saturated heterocycles. The van der Waals surface area contributed by atoms with E-state index in [0.717, 1.165) is 50.8 Å². The normalized spacial score (nSPS) is 19.6. The van der Waals surface area contributed by atoms with Crippen LogP contribution in [0.5, 0.6) is 0 Å². The van der Waals surface area contributed by atoms with Gasteiger partial charge in [0, 0.05) is 36.2 Å². The molecule has 1 N–H and O–H groups in total. The minimum atomic E-state index is -0.738. The number of carbonyl (C=O) groups excluding carboxylic acids is 1. The van der Waals surface area contributed by atoms with Crippen molar-refractivity contribution in [1.29, 1.82) is 0 Å². The summed E-state index contributed by atoms with van der Waals surface area (Å²) < 4.78 is 0. The molecule has 138 valence electrons. The lowest BCUT2D eigenvalue weighted by molar-refractivity contribution is -0.137. The summed E-state index contributed by atoms with van der Waals surface area (Å²) in [6.45, 7) is 8.31. The van der Waals surface area contributed by atoms with E-state index in [2.05, 4.69) is 37.8 Å². The van der Waals surface area contributed by atoms with E-state index >= 15 is 0 Å². The number of rotatable bonds is 9. The van der Waals surface area contributed by atoms with Crippen molar-refractivity contribution < 1.29 is 14.7 Å². The van der Waals surface area contributed by atoms with Crippen LogP contribution in [-0.4, -0.2) is 29.9 Å². The van der Waals surface area contributed by atoms with Crippen LogP contribution < -0.4 is 4.90 Å². The number of carboxylic acids is 1. The van der Waals surface area contributed by atoms with Crippen molar-refractivity contribution in [3.8, 4) is 0 Å². The van der Waals surface area contributed by atoms with Gasteiger partial charge in [-0.3, -0.25) is 9.59 Å². The molecule has 4 nitrogen and oxygen atoms in total. The van der Waals surface area contributed by atoms with Crippen molar-refractivity contribution >= 4 is 17.4 Å². The zero-order chi connectivity index (χ0) is 18.4. The molecule has 4 heteroatoms. The Hall–Kier alpha value is -1.84. The average Bonchev–Trinajstić information content (AvgIpc) is 2.59. The van der Waals surface area contributed by atoms with Crippen LogP contribution in [0, 0.1) is 5.41 Å². The second-order valence-electron chi connectivity index (χ2n) is 7.36. The standard InChI is InChI=1S/C21H31NO3/c1-4-22(5-2)17-10-11-18-16(15-17)12-14-21(3,20(18)25)13-8-6-7-9-19(23)24/h10-11,15H,4-9,12-14H2,1-3H3,(H,23,24). The van der Waals surface area contributed by atoms with Crippen molar-refractivity contribution in [3.63, 3.8) is 0 Å². The van der Waals surface area contributed by atoms with Crippen LogP contribution in [0.1, 0.15) is 75.2 Å². The van der Waals surface area contributed by atoms with Crippen molar-refractivity contribution in [2.24, 2.45) is 5.41 Å². The molecule has 1 aromatic carbocycles. The lowest BCUT2D eigenvalue weighted by Gasteiger charge is -2.34. The first-order valence-electron chi connectivity index (χ1n) is 9.55. The fraction of sp³-hybridized carbons (Fsp3) is 0.619. The van der Waals surface area contributed by atoms with Gasteiger partial charge in [-0.05, 0) is 63.3 Å². The van der Waals surface area contributed by atoms with Crippen LogP contribution in [0.2, 0.25) is 0 Å². The van der Waals surface area contributed by atoms with Crippen LogP contribution in [0.25, 0.3) is 0 Å². The van der Waals surface area contributed by atoms with E-state index in [-0.39, 0.29) is 17.6 Å². The largest absolute Gasteiger partial charge is 0.481 e. The molecular weight excluding hydrogens is 314 g/mol. The third-order valence-corrected chi connectivity index (χ3v) is 5.58. The second-order valence-corrected chi connectivity index (χ2v) is 7.36. The quantitative estimate of drug-likeness (QED) is 0.659. The number of carboxylic acid groups (broad SMARTS) is 1. The molecular formula is C21H31NO3. The molecule has 0 spiro atoms. The molecule has 0 amide bonds. The first kappa shape index (κ1) is 19.5. The summed E-state index contributed by atoms with van der Waals surface area (Å²) in [6.07, 6.45) is 5.40. The topological polar surface area (TPSA) is 57.6 Å². The third-order valence-electron chi connectivity index (χ3n) is 5.58. The number of Topliss-reactive ketones (excluding diaryl/α,β-unsaturated/α-hetero) is 1. The minimum Gasteiger partial charge on any atom is -0.481 e. The molecule has 0 aromatic heterocycles. The number of hydrogen-bond acceptors (Lipinski definition) is 3. The summed E-state index contributed by atoms with van der Waals surface area (Å²) in [6, 6.07) is 6.27. The monoisotopic (exact) mass is 345 g/mol. The van der Waals surface area contributed by atoms with Gasteiger partial charge in [0.05, 0.1) is 0 Å². The number of aryl methyl sites for hydroxylation is 1. The van der Waals surface area contributed by atoms with E-state index in [1.165, 1.54) is 11.3 Å². The number of aliphatic carboxylic acids is 1. The SMILES string of the molecule is CCN(CC)c1ccc2c(c1)CCC(C)(CCCCCC(=O)O)C2=O. The average molecular weight is 345 g/mol. The first-order chi connectivity index (χ1) is 11.9. The van der Waals surface area contributed by atoms with Crippen molar-refractivity contribution in [3.05, 3.63) is 29.3 Å². The van der Waals surface area contributed by atoms with Crippen LogP contribution in [0.15, 0.2) is 18.2 Å². The van der Waals surface area contributed by atoms with Gasteiger partial charge in [-0.2, -0.15) is 0 Å². The predicted octanol–water partition coefficient (Wildman–Crippen LogP) is 4.70. The second kappa shape index (κ2) is 8.50. The molecule has 1 aliphatic rings. The number of anilines is 1. The maximum Gasteiger partial charge on any atom is 0.303 e. The lowest BCUT2D eigenvalue weighted by Crippen LogP contribution is -2.33. The van der Waals surface area contributed by atoms with Gasteiger partial charge in [0.25, 0.3) is 0 Å². The van der Waals surface area contributed by atoms with Gasteiger partial charge >= 0.3 is 5.97 Å². The van der Waals surface area contributed by atoms with E-state index in [1.54, 1.807) is 0 Å². The Bertz CT molecular complexity index is 622. The highest BCUT2D eigenvalue weighted by Gasteiger charge is 2.37. The molecule has 0 fully saturated rings. The highest BCUT2D eigenvalue weighted by molar-refractivity contribution is 6.02. The fourth-order valence-corrected chi connectivity index (χ4v) is 3.85. The number of ketones is 1. The Kier molecular flexibility index (Phi) is 6.63. The summed E-state index contributed by atoms with van der Waals surface area (Å²) >= 11 is 0. The molecule has 0 radical (unpaired) electrons. The van der Waals surface area contributed by atoms with Crippen LogP contribution >= 0.6 is 0 Å². The van der Waals surface area contributed by atoms with E-state index in [9.17, 15) is 9.59 Å². The van der Waals surface area contributed by atoms with Gasteiger partial charge < -0.3 is 10.0 Å². The Morgan fingerprint density at radius 1 is 1.20 bits per heavy atom. The highest BCUT2D eigenvalue weighted by Crippen LogP contribution is 2.40. The van der Waals surface area contributed by atoms with Gasteiger partial charge in [-0.1, -0.05) is 19.8 Å². The zero-order valence-electron chi connectivity index (χ0n) is 15.8. The van der Waals surface area contributed by atoms with Gasteiger partial charge in [0.15, 0.2) is 5.78 Å². The molecule has 0 bridgehead atoms. The number of benzene rings is 1. The van der Waals surface area contributed by atoms with Gasteiger partial charge in [0.1, 0.15) is 0 Å². The highest BCUT2D eigenvalue weighted by atomic mass is 16.4. The molecule has 1 aromatic rings. The zero-order valence-corrected chi connectivity index (χ0v) is 15.8. The lowest BCUT2D eigenvalue weighted by atomic mass is 9.69. The predicted molar refractivity (Wildman–Crippen MR) is 101 cm³/mol. The van der Waals surface area contributed by atoms with E-state index < -0.39 is 5.97 Å². The smallest absolute Gasteiger partial charge is 0.303 e. The van der Waals surface area contributed by atoms with Crippen LogP contribution in [0.3, 0.4) is 0 Å². The van der Waals surface area contributed by atoms with Crippen LogP contribution in [-0.2, 0) is 11.2 Å². The number of nitrogens with zero attached hydrogens (tertiary/aromatic N) is 1. The fourth-order valence-electron chi connectivity index (χ4n) is 3.85. The molecule has 1 unspecified atom stereocenters. The number of carbonyl (C=O) groups is 2. The van der Waals surface area contributed by atoms with Crippen molar-refractivity contribution in [2.75, 3.05) is 18.0 Å². The summed E-state index contributed by atoms with van der Waals surface area (Å²) in [5.41, 5.74) is 2.97. The molecule has 25 heavy (non-hydrogen) atoms. The Morgan fingerprint density at radius 2 is 1.92 bits per heavy atom. The van der Waals surface area contributed by atoms with Gasteiger partial charge in [-0.25, -0.2) is 0 Å². The van der Waals surface area contributed by atoms with Gasteiger partial charge in [-0.15, -0.1) is 0 Å². The van der Waals surface area contributed by atoms with Crippen molar-refractivity contribution in [2.45, 2.75) is 65.7 Å². The van der Waals surface area contributed by atoms with E-state index in [4.69, 9.17) is 5.11 Å². The summed E-state index contributed by atoms with van der Waals surface area (Å²) in [4.78, 5) is 25.9.